The molecule has 230 valence electrons. The summed E-state index contributed by atoms with van der Waals surface area (Å²) in [4.78, 5) is 7.70. The lowest BCUT2D eigenvalue weighted by Gasteiger charge is -2.41. The minimum Gasteiger partial charge on any atom is -0.314 e. The SMILES string of the molecule is CC(C)c1cccc2c1N1c3c(ccc4c3N(c3ccccc3C4C)C1c1ccc(N(c3ccccc3)c3ccccc3)cc1)C2C. The maximum Gasteiger partial charge on any atom is 0.137 e. The average molecular weight is 610 g/mol. The second kappa shape index (κ2) is 10.6. The Kier molecular flexibility index (Phi) is 6.33. The van der Waals surface area contributed by atoms with E-state index in [-0.39, 0.29) is 6.17 Å². The molecule has 0 aromatic heterocycles. The Morgan fingerprint density at radius 2 is 0.979 bits per heavy atom. The molecule has 0 saturated carbocycles. The van der Waals surface area contributed by atoms with Gasteiger partial charge < -0.3 is 14.7 Å². The predicted octanol–water partition coefficient (Wildman–Crippen LogP) is 12.2. The molecule has 9 rings (SSSR count). The molecule has 0 radical (unpaired) electrons. The van der Waals surface area contributed by atoms with Crippen molar-refractivity contribution in [2.45, 2.75) is 51.6 Å². The van der Waals surface area contributed by atoms with Gasteiger partial charge in [0.15, 0.2) is 0 Å². The first-order chi connectivity index (χ1) is 23.0. The summed E-state index contributed by atoms with van der Waals surface area (Å²) in [7, 11) is 0. The standard InChI is InChI=1S/C44H39N3/c1-28(2)35-19-13-20-37-30(4)39-27-26-38-29(3)36-18-11-12-21-40(36)46-42(38)43(39)47(41(35)37)44(46)31-22-24-34(25-23-31)45(32-14-7-5-8-15-32)33-16-9-6-10-17-33/h5-30,44H,1-4H3. The van der Waals surface area contributed by atoms with E-state index in [2.05, 4.69) is 182 Å². The molecule has 0 N–H and O–H groups in total. The van der Waals surface area contributed by atoms with E-state index in [1.54, 1.807) is 0 Å². The van der Waals surface area contributed by atoms with E-state index >= 15 is 0 Å². The maximum atomic E-state index is 2.70. The fourth-order valence-electron chi connectivity index (χ4n) is 8.44. The Morgan fingerprint density at radius 3 is 1.62 bits per heavy atom. The van der Waals surface area contributed by atoms with Crippen molar-refractivity contribution in [3.63, 3.8) is 0 Å². The second-order valence-electron chi connectivity index (χ2n) is 13.6. The highest BCUT2D eigenvalue weighted by molar-refractivity contribution is 5.99. The highest BCUT2D eigenvalue weighted by Crippen LogP contribution is 2.65. The second-order valence-corrected chi connectivity index (χ2v) is 13.6. The van der Waals surface area contributed by atoms with Gasteiger partial charge >= 0.3 is 0 Å². The van der Waals surface area contributed by atoms with E-state index in [0.29, 0.717) is 17.8 Å². The van der Waals surface area contributed by atoms with Gasteiger partial charge in [0.05, 0.1) is 17.1 Å². The third-order valence-corrected chi connectivity index (χ3v) is 10.7. The molecule has 3 unspecified atom stereocenters. The Labute approximate surface area is 278 Å². The van der Waals surface area contributed by atoms with E-state index in [1.807, 2.05) is 0 Å². The number of nitrogens with zero attached hydrogens (tertiary/aromatic N) is 3. The predicted molar refractivity (Wildman–Crippen MR) is 197 cm³/mol. The fraction of sp³-hybridized carbons (Fsp3) is 0.182. The van der Waals surface area contributed by atoms with Crippen LogP contribution in [0.1, 0.15) is 85.0 Å². The van der Waals surface area contributed by atoms with Crippen LogP contribution in [-0.4, -0.2) is 0 Å². The van der Waals surface area contributed by atoms with Crippen LogP contribution in [0.15, 0.2) is 140 Å². The van der Waals surface area contributed by atoms with Crippen molar-refractivity contribution >= 4 is 39.8 Å². The number of hydrogen-bond donors (Lipinski definition) is 0. The summed E-state index contributed by atoms with van der Waals surface area (Å²) in [5, 5.41) is 0. The van der Waals surface area contributed by atoms with E-state index in [0.717, 1.165) is 17.1 Å². The summed E-state index contributed by atoms with van der Waals surface area (Å²) in [6, 6.07) is 51.5. The van der Waals surface area contributed by atoms with Crippen molar-refractivity contribution in [3.05, 3.63) is 173 Å². The maximum absolute atomic E-state index is 2.70. The summed E-state index contributed by atoms with van der Waals surface area (Å²) < 4.78 is 0. The summed E-state index contributed by atoms with van der Waals surface area (Å²) in [6.45, 7) is 9.44. The molecule has 6 aromatic carbocycles. The lowest BCUT2D eigenvalue weighted by atomic mass is 9.80. The van der Waals surface area contributed by atoms with Gasteiger partial charge in [-0.3, -0.25) is 0 Å². The monoisotopic (exact) mass is 609 g/mol. The molecule has 0 bridgehead atoms. The summed E-state index contributed by atoms with van der Waals surface area (Å²) in [5.74, 6) is 1.05. The molecule has 6 aromatic rings. The third kappa shape index (κ3) is 4.05. The zero-order valence-corrected chi connectivity index (χ0v) is 27.4. The molecule has 0 fully saturated rings. The van der Waals surface area contributed by atoms with Crippen LogP contribution >= 0.6 is 0 Å². The summed E-state index contributed by atoms with van der Waals surface area (Å²) in [5.41, 5.74) is 17.3. The van der Waals surface area contributed by atoms with Crippen molar-refractivity contribution in [1.82, 2.24) is 0 Å². The quantitative estimate of drug-likeness (QED) is 0.192. The van der Waals surface area contributed by atoms with Gasteiger partial charge in [0.25, 0.3) is 0 Å². The van der Waals surface area contributed by atoms with Gasteiger partial charge in [-0.05, 0) is 81.8 Å². The number of para-hydroxylation sites is 4. The van der Waals surface area contributed by atoms with Crippen LogP contribution in [0.25, 0.3) is 0 Å². The molecule has 3 aliphatic rings. The first-order valence-electron chi connectivity index (χ1n) is 17.0. The Balaban J connectivity index is 1.27. The minimum atomic E-state index is -0.0133. The Hall–Kier alpha value is -5.28. The van der Waals surface area contributed by atoms with Gasteiger partial charge in [0.2, 0.25) is 0 Å². The van der Waals surface area contributed by atoms with Crippen molar-refractivity contribution in [2.24, 2.45) is 0 Å². The number of benzene rings is 6. The minimum absolute atomic E-state index is 0.0133. The Bertz CT molecular complexity index is 2080. The van der Waals surface area contributed by atoms with Gasteiger partial charge in [-0.25, -0.2) is 0 Å². The highest BCUT2D eigenvalue weighted by Gasteiger charge is 2.49. The molecule has 0 saturated heterocycles. The zero-order chi connectivity index (χ0) is 31.8. The molecule has 0 aliphatic carbocycles. The summed E-state index contributed by atoms with van der Waals surface area (Å²) >= 11 is 0. The average Bonchev–Trinajstić information content (AvgIpc) is 3.47. The molecule has 0 spiro atoms. The molecule has 3 nitrogen and oxygen atoms in total. The van der Waals surface area contributed by atoms with Crippen LogP contribution in [0.5, 0.6) is 0 Å². The topological polar surface area (TPSA) is 9.72 Å². The molecular weight excluding hydrogens is 571 g/mol. The van der Waals surface area contributed by atoms with Crippen molar-refractivity contribution < 1.29 is 0 Å². The smallest absolute Gasteiger partial charge is 0.137 e. The van der Waals surface area contributed by atoms with Crippen LogP contribution in [0.4, 0.5) is 39.8 Å². The highest BCUT2D eigenvalue weighted by atomic mass is 15.4. The molecule has 0 amide bonds. The van der Waals surface area contributed by atoms with Gasteiger partial charge in [-0.2, -0.15) is 0 Å². The van der Waals surface area contributed by atoms with Crippen molar-refractivity contribution in [2.75, 3.05) is 14.7 Å². The molecule has 47 heavy (non-hydrogen) atoms. The number of hydrogen-bond acceptors (Lipinski definition) is 3. The van der Waals surface area contributed by atoms with Crippen LogP contribution in [-0.2, 0) is 0 Å². The van der Waals surface area contributed by atoms with Gasteiger partial charge in [-0.1, -0.05) is 125 Å². The van der Waals surface area contributed by atoms with Crippen molar-refractivity contribution in [1.29, 1.82) is 0 Å². The van der Waals surface area contributed by atoms with Gasteiger partial charge in [-0.15, -0.1) is 0 Å². The van der Waals surface area contributed by atoms with Crippen LogP contribution in [0, 0.1) is 0 Å². The van der Waals surface area contributed by atoms with E-state index < -0.39 is 0 Å². The van der Waals surface area contributed by atoms with E-state index in [4.69, 9.17) is 0 Å². The first kappa shape index (κ1) is 28.0. The summed E-state index contributed by atoms with van der Waals surface area (Å²) in [6.07, 6.45) is -0.0133. The molecule has 3 heteroatoms. The third-order valence-electron chi connectivity index (χ3n) is 10.7. The molecule has 3 aliphatic heterocycles. The fourth-order valence-corrected chi connectivity index (χ4v) is 8.44. The van der Waals surface area contributed by atoms with Crippen LogP contribution in [0.3, 0.4) is 0 Å². The van der Waals surface area contributed by atoms with E-state index in [1.165, 1.54) is 56.1 Å². The molecule has 3 heterocycles. The zero-order valence-electron chi connectivity index (χ0n) is 27.4. The van der Waals surface area contributed by atoms with Gasteiger partial charge in [0.1, 0.15) is 6.17 Å². The number of anilines is 7. The van der Waals surface area contributed by atoms with Crippen LogP contribution in [0.2, 0.25) is 0 Å². The normalized spacial score (nSPS) is 18.5. The number of rotatable bonds is 5. The largest absolute Gasteiger partial charge is 0.314 e. The molecular formula is C44H39N3. The van der Waals surface area contributed by atoms with Crippen molar-refractivity contribution in [3.8, 4) is 0 Å². The lowest BCUT2D eigenvalue weighted by molar-refractivity contribution is 0.705. The lowest BCUT2D eigenvalue weighted by Crippen LogP contribution is -2.34. The molecule has 3 atom stereocenters. The van der Waals surface area contributed by atoms with Crippen LogP contribution < -0.4 is 14.7 Å². The number of fused-ring (bicyclic) bond motifs is 4. The Morgan fingerprint density at radius 1 is 0.468 bits per heavy atom. The first-order valence-corrected chi connectivity index (χ1v) is 17.0. The van der Waals surface area contributed by atoms with E-state index in [9.17, 15) is 0 Å². The van der Waals surface area contributed by atoms with Gasteiger partial charge in [0, 0.05) is 34.6 Å².